The minimum Gasteiger partial charge on any atom is -0.382 e. The standard InChI is InChI=1S/C28H30N2/c1-3-9-26-24(4-2)28(29-23-15-14-19-10-5-6-11-20(19)16-23)25-17-21-12-7-8-13-22(21)18-27(25)30-26/h5-8,10-18,24,26,28-30H,3-4,9H2,1-2H3/t24-,26-,28+/m0/s1. The van der Waals surface area contributed by atoms with E-state index in [1.807, 2.05) is 0 Å². The van der Waals surface area contributed by atoms with Crippen LogP contribution in [0.2, 0.25) is 0 Å². The molecule has 0 radical (unpaired) electrons. The minimum atomic E-state index is 0.300. The van der Waals surface area contributed by atoms with Crippen molar-refractivity contribution in [1.29, 1.82) is 0 Å². The van der Waals surface area contributed by atoms with Crippen LogP contribution in [-0.4, -0.2) is 6.04 Å². The molecule has 0 spiro atoms. The monoisotopic (exact) mass is 394 g/mol. The van der Waals surface area contributed by atoms with Crippen LogP contribution in [0, 0.1) is 5.92 Å². The number of nitrogens with one attached hydrogen (secondary N) is 2. The predicted molar refractivity (Wildman–Crippen MR) is 130 cm³/mol. The largest absolute Gasteiger partial charge is 0.382 e. The highest BCUT2D eigenvalue weighted by molar-refractivity contribution is 5.89. The molecule has 2 N–H and O–H groups in total. The fraction of sp³-hybridized carbons (Fsp3) is 0.286. The highest BCUT2D eigenvalue weighted by Crippen LogP contribution is 2.43. The Balaban J connectivity index is 1.60. The zero-order chi connectivity index (χ0) is 20.5. The summed E-state index contributed by atoms with van der Waals surface area (Å²) in [4.78, 5) is 0. The van der Waals surface area contributed by atoms with E-state index >= 15 is 0 Å². The van der Waals surface area contributed by atoms with Crippen LogP contribution in [0.5, 0.6) is 0 Å². The number of hydrogen-bond donors (Lipinski definition) is 2. The molecule has 3 atom stereocenters. The topological polar surface area (TPSA) is 24.1 Å². The van der Waals surface area contributed by atoms with Crippen molar-refractivity contribution in [3.8, 4) is 0 Å². The van der Waals surface area contributed by atoms with E-state index in [0.29, 0.717) is 18.0 Å². The maximum absolute atomic E-state index is 3.94. The summed E-state index contributed by atoms with van der Waals surface area (Å²) in [6, 6.07) is 29.6. The second-order valence-corrected chi connectivity index (χ2v) is 8.58. The Bertz CT molecular complexity index is 1180. The van der Waals surface area contributed by atoms with Crippen LogP contribution in [0.4, 0.5) is 11.4 Å². The Morgan fingerprint density at radius 2 is 1.43 bits per heavy atom. The van der Waals surface area contributed by atoms with E-state index in [1.54, 1.807) is 0 Å². The van der Waals surface area contributed by atoms with Gasteiger partial charge in [0, 0.05) is 23.3 Å². The van der Waals surface area contributed by atoms with Crippen molar-refractivity contribution in [2.45, 2.75) is 45.2 Å². The van der Waals surface area contributed by atoms with Gasteiger partial charge in [0.05, 0.1) is 6.04 Å². The van der Waals surface area contributed by atoms with E-state index < -0.39 is 0 Å². The van der Waals surface area contributed by atoms with Gasteiger partial charge >= 0.3 is 0 Å². The number of fused-ring (bicyclic) bond motifs is 3. The van der Waals surface area contributed by atoms with E-state index in [2.05, 4.69) is 103 Å². The smallest absolute Gasteiger partial charge is 0.0582 e. The third kappa shape index (κ3) is 3.41. The second kappa shape index (κ2) is 8.02. The Kier molecular flexibility index (Phi) is 5.08. The van der Waals surface area contributed by atoms with Gasteiger partial charge in [0.1, 0.15) is 0 Å². The van der Waals surface area contributed by atoms with Crippen molar-refractivity contribution in [3.63, 3.8) is 0 Å². The summed E-state index contributed by atoms with van der Waals surface area (Å²) in [7, 11) is 0. The lowest BCUT2D eigenvalue weighted by molar-refractivity contribution is 0.349. The summed E-state index contributed by atoms with van der Waals surface area (Å²) < 4.78 is 0. The lowest BCUT2D eigenvalue weighted by Gasteiger charge is -2.41. The molecule has 0 unspecified atom stereocenters. The van der Waals surface area contributed by atoms with Crippen molar-refractivity contribution in [3.05, 3.63) is 84.4 Å². The van der Waals surface area contributed by atoms with Gasteiger partial charge < -0.3 is 10.6 Å². The fourth-order valence-corrected chi connectivity index (χ4v) is 5.17. The molecular formula is C28H30N2. The van der Waals surface area contributed by atoms with Crippen LogP contribution in [-0.2, 0) is 0 Å². The quantitative estimate of drug-likeness (QED) is 0.361. The zero-order valence-corrected chi connectivity index (χ0v) is 17.9. The zero-order valence-electron chi connectivity index (χ0n) is 17.9. The average molecular weight is 395 g/mol. The molecule has 2 nitrogen and oxygen atoms in total. The normalized spacial score (nSPS) is 20.7. The highest BCUT2D eigenvalue weighted by atomic mass is 15.0. The molecule has 1 heterocycles. The van der Waals surface area contributed by atoms with E-state index in [4.69, 9.17) is 0 Å². The summed E-state index contributed by atoms with van der Waals surface area (Å²) >= 11 is 0. The summed E-state index contributed by atoms with van der Waals surface area (Å²) in [5, 5.41) is 13.0. The third-order valence-electron chi connectivity index (χ3n) is 6.68. The van der Waals surface area contributed by atoms with Gasteiger partial charge in [-0.15, -0.1) is 0 Å². The van der Waals surface area contributed by atoms with Crippen LogP contribution in [0.3, 0.4) is 0 Å². The number of anilines is 2. The van der Waals surface area contributed by atoms with Gasteiger partial charge in [0.25, 0.3) is 0 Å². The van der Waals surface area contributed by atoms with Crippen LogP contribution < -0.4 is 10.6 Å². The van der Waals surface area contributed by atoms with Crippen molar-refractivity contribution in [1.82, 2.24) is 0 Å². The Morgan fingerprint density at radius 1 is 0.767 bits per heavy atom. The molecule has 0 aromatic heterocycles. The molecule has 152 valence electrons. The maximum atomic E-state index is 3.94. The Labute approximate surface area is 179 Å². The molecule has 2 heteroatoms. The first kappa shape index (κ1) is 19.0. The Morgan fingerprint density at radius 3 is 2.13 bits per heavy atom. The fourth-order valence-electron chi connectivity index (χ4n) is 5.17. The molecule has 1 aliphatic rings. The van der Waals surface area contributed by atoms with E-state index in [0.717, 1.165) is 6.42 Å². The third-order valence-corrected chi connectivity index (χ3v) is 6.68. The van der Waals surface area contributed by atoms with Crippen molar-refractivity contribution in [2.75, 3.05) is 10.6 Å². The summed E-state index contributed by atoms with van der Waals surface area (Å²) in [5.74, 6) is 0.546. The second-order valence-electron chi connectivity index (χ2n) is 8.58. The van der Waals surface area contributed by atoms with Crippen molar-refractivity contribution >= 4 is 32.9 Å². The number of benzene rings is 4. The number of rotatable bonds is 5. The van der Waals surface area contributed by atoms with Crippen LogP contribution in [0.25, 0.3) is 21.5 Å². The molecule has 0 saturated carbocycles. The number of hydrogen-bond acceptors (Lipinski definition) is 2. The van der Waals surface area contributed by atoms with E-state index in [-0.39, 0.29) is 0 Å². The first-order valence-electron chi connectivity index (χ1n) is 11.3. The molecule has 0 saturated heterocycles. The molecule has 1 aliphatic heterocycles. The SMILES string of the molecule is CCC[C@@H]1Nc2cc3ccccc3cc2[C@H](Nc2ccc3ccccc3c2)[C@H]1CC. The molecule has 4 aromatic carbocycles. The molecule has 0 fully saturated rings. The van der Waals surface area contributed by atoms with Crippen molar-refractivity contribution in [2.24, 2.45) is 5.92 Å². The molecule has 30 heavy (non-hydrogen) atoms. The van der Waals surface area contributed by atoms with Gasteiger partial charge in [-0.05, 0) is 64.2 Å². The van der Waals surface area contributed by atoms with E-state index in [1.165, 1.54) is 51.3 Å². The molecule has 0 aliphatic carbocycles. The molecule has 4 aromatic rings. The molecule has 5 rings (SSSR count). The minimum absolute atomic E-state index is 0.300. The lowest BCUT2D eigenvalue weighted by Crippen LogP contribution is -2.40. The first-order valence-corrected chi connectivity index (χ1v) is 11.3. The maximum Gasteiger partial charge on any atom is 0.0582 e. The molecule has 0 bridgehead atoms. The van der Waals surface area contributed by atoms with Gasteiger partial charge in [-0.3, -0.25) is 0 Å². The van der Waals surface area contributed by atoms with E-state index in [9.17, 15) is 0 Å². The Hall–Kier alpha value is -3.00. The van der Waals surface area contributed by atoms with Crippen LogP contribution >= 0.6 is 0 Å². The summed E-state index contributed by atoms with van der Waals surface area (Å²) in [6.07, 6.45) is 3.54. The van der Waals surface area contributed by atoms with Gasteiger partial charge in [-0.25, -0.2) is 0 Å². The van der Waals surface area contributed by atoms with Gasteiger partial charge in [0.2, 0.25) is 0 Å². The van der Waals surface area contributed by atoms with Gasteiger partial charge in [-0.2, -0.15) is 0 Å². The first-order chi connectivity index (χ1) is 14.8. The van der Waals surface area contributed by atoms with Gasteiger partial charge in [0.15, 0.2) is 0 Å². The molecular weight excluding hydrogens is 364 g/mol. The summed E-state index contributed by atoms with van der Waals surface area (Å²) in [6.45, 7) is 4.62. The van der Waals surface area contributed by atoms with Gasteiger partial charge in [-0.1, -0.05) is 74.9 Å². The summed E-state index contributed by atoms with van der Waals surface area (Å²) in [5.41, 5.74) is 3.88. The highest BCUT2D eigenvalue weighted by Gasteiger charge is 2.35. The molecule has 0 amide bonds. The predicted octanol–water partition coefficient (Wildman–Crippen LogP) is 7.77. The lowest BCUT2D eigenvalue weighted by atomic mass is 9.78. The van der Waals surface area contributed by atoms with Crippen LogP contribution in [0.15, 0.2) is 78.9 Å². The average Bonchev–Trinajstić information content (AvgIpc) is 2.78. The van der Waals surface area contributed by atoms with Crippen LogP contribution in [0.1, 0.15) is 44.7 Å². The van der Waals surface area contributed by atoms with Crippen molar-refractivity contribution < 1.29 is 0 Å².